The summed E-state index contributed by atoms with van der Waals surface area (Å²) in [5, 5.41) is 2.56. The number of rotatable bonds is 4. The zero-order valence-electron chi connectivity index (χ0n) is 31.6. The molecule has 6 aliphatic rings. The maximum absolute atomic E-state index is 2.64. The van der Waals surface area contributed by atoms with Gasteiger partial charge in [-0.2, -0.15) is 0 Å². The lowest BCUT2D eigenvalue weighted by Crippen LogP contribution is -2.73. The van der Waals surface area contributed by atoms with Gasteiger partial charge < -0.3 is 4.90 Å². The van der Waals surface area contributed by atoms with Gasteiger partial charge in [0.2, 0.25) is 0 Å². The van der Waals surface area contributed by atoms with E-state index < -0.39 is 0 Å². The van der Waals surface area contributed by atoms with Crippen LogP contribution in [-0.2, 0) is 16.2 Å². The Morgan fingerprint density at radius 2 is 1.15 bits per heavy atom. The third kappa shape index (κ3) is 3.79. The second-order valence-corrected chi connectivity index (χ2v) is 19.3. The van der Waals surface area contributed by atoms with Crippen LogP contribution in [0, 0.1) is 29.1 Å². The van der Waals surface area contributed by atoms with Gasteiger partial charge in [-0.3, -0.25) is 0 Å². The van der Waals surface area contributed by atoms with Crippen LogP contribution in [0.4, 0.5) is 17.1 Å². The smallest absolute Gasteiger partial charge is 0.0468 e. The van der Waals surface area contributed by atoms with Gasteiger partial charge in [0, 0.05) is 22.5 Å². The summed E-state index contributed by atoms with van der Waals surface area (Å²) in [5.41, 5.74) is 16.8. The van der Waals surface area contributed by atoms with Crippen LogP contribution in [0.25, 0.3) is 33.0 Å². The minimum atomic E-state index is 0.182. The Balaban J connectivity index is 0.997. The van der Waals surface area contributed by atoms with Crippen LogP contribution < -0.4 is 4.90 Å². The lowest BCUT2D eigenvalue weighted by molar-refractivity contribution is -0.231. The monoisotopic (exact) mass is 687 g/mol. The molecule has 0 aliphatic heterocycles. The van der Waals surface area contributed by atoms with E-state index in [4.69, 9.17) is 0 Å². The molecule has 6 aliphatic carbocycles. The Kier molecular flexibility index (Phi) is 5.88. The minimum Gasteiger partial charge on any atom is -0.310 e. The summed E-state index contributed by atoms with van der Waals surface area (Å²) in [6.07, 6.45) is 8.33. The Labute approximate surface area is 315 Å². The van der Waals surface area contributed by atoms with Crippen molar-refractivity contribution in [3.05, 3.63) is 150 Å². The van der Waals surface area contributed by atoms with Crippen molar-refractivity contribution in [2.24, 2.45) is 29.1 Å². The predicted octanol–water partition coefficient (Wildman–Crippen LogP) is 13.7. The summed E-state index contributed by atoms with van der Waals surface area (Å²) in [7, 11) is 0. The summed E-state index contributed by atoms with van der Waals surface area (Å²) in [4.78, 5) is 2.53. The number of anilines is 3. The standard InChI is InChI=1S/C52H49N/c1-49(2)23-24-50(3,4)46-28-36(16-22-44(46)49)34-13-17-38(18-14-34)53(39-19-15-33-9-5-6-10-35(33)27-39)40-20-21-42-41-11-7-8-12-43(41)52(45(42)30-40)47-26-32-25-37-29-48(52)51(37,47)31-32/h5-22,27-28,30,32,37,47-48H,23-26,29,31H2,1-4H3. The third-order valence-electron chi connectivity index (χ3n) is 16.2. The van der Waals surface area contributed by atoms with Gasteiger partial charge in [0.1, 0.15) is 0 Å². The number of benzene rings is 6. The van der Waals surface area contributed by atoms with Crippen molar-refractivity contribution in [3.63, 3.8) is 0 Å². The van der Waals surface area contributed by atoms with Crippen molar-refractivity contribution in [1.29, 1.82) is 0 Å². The van der Waals surface area contributed by atoms with Crippen LogP contribution in [0.1, 0.15) is 88.5 Å². The molecule has 12 rings (SSSR count). The van der Waals surface area contributed by atoms with Gasteiger partial charge in [-0.25, -0.2) is 0 Å². The van der Waals surface area contributed by atoms with E-state index in [1.165, 1.54) is 99.7 Å². The molecular formula is C52H49N. The molecule has 2 bridgehead atoms. The third-order valence-corrected chi connectivity index (χ3v) is 16.2. The van der Waals surface area contributed by atoms with E-state index in [2.05, 4.69) is 160 Å². The van der Waals surface area contributed by atoms with Crippen molar-refractivity contribution >= 4 is 27.8 Å². The maximum atomic E-state index is 2.64. The van der Waals surface area contributed by atoms with Gasteiger partial charge in [-0.1, -0.05) is 119 Å². The van der Waals surface area contributed by atoms with E-state index in [9.17, 15) is 0 Å². The lowest BCUT2D eigenvalue weighted by Gasteiger charge is -2.76. The first-order chi connectivity index (χ1) is 25.7. The van der Waals surface area contributed by atoms with Crippen molar-refractivity contribution < 1.29 is 0 Å². The number of nitrogens with zero attached hydrogens (tertiary/aromatic N) is 1. The topological polar surface area (TPSA) is 3.24 Å². The van der Waals surface area contributed by atoms with Crippen LogP contribution in [0.5, 0.6) is 0 Å². The molecule has 0 saturated heterocycles. The van der Waals surface area contributed by atoms with Crippen molar-refractivity contribution in [2.75, 3.05) is 4.90 Å². The highest BCUT2D eigenvalue weighted by Crippen LogP contribution is 2.89. The fraction of sp³-hybridized carbons (Fsp3) is 0.346. The molecule has 6 atom stereocenters. The van der Waals surface area contributed by atoms with Crippen LogP contribution in [0.2, 0.25) is 0 Å². The average Bonchev–Trinajstić information content (AvgIpc) is 3.81. The zero-order chi connectivity index (χ0) is 35.5. The molecule has 53 heavy (non-hydrogen) atoms. The summed E-state index contributed by atoms with van der Waals surface area (Å²) in [6.45, 7) is 9.69. The fourth-order valence-corrected chi connectivity index (χ4v) is 13.8. The summed E-state index contributed by atoms with van der Waals surface area (Å²) in [6, 6.07) is 49.5. The summed E-state index contributed by atoms with van der Waals surface area (Å²) >= 11 is 0. The fourth-order valence-electron chi connectivity index (χ4n) is 13.8. The first-order valence-electron chi connectivity index (χ1n) is 20.5. The van der Waals surface area contributed by atoms with Crippen LogP contribution in [-0.4, -0.2) is 0 Å². The van der Waals surface area contributed by atoms with Gasteiger partial charge in [-0.05, 0) is 170 Å². The molecule has 6 unspecified atom stereocenters. The molecule has 4 saturated carbocycles. The Morgan fingerprint density at radius 3 is 1.98 bits per heavy atom. The van der Waals surface area contributed by atoms with E-state index in [0.717, 1.165) is 23.7 Å². The molecule has 1 nitrogen and oxygen atoms in total. The molecule has 2 spiro atoms. The molecule has 0 heterocycles. The number of hydrogen-bond donors (Lipinski definition) is 0. The number of fused-ring (bicyclic) bond motifs is 10. The van der Waals surface area contributed by atoms with Gasteiger partial charge in [-0.15, -0.1) is 0 Å². The average molecular weight is 688 g/mol. The molecule has 1 heteroatoms. The molecular weight excluding hydrogens is 639 g/mol. The van der Waals surface area contributed by atoms with Crippen LogP contribution in [0.3, 0.4) is 0 Å². The molecule has 0 aromatic heterocycles. The van der Waals surface area contributed by atoms with Crippen LogP contribution >= 0.6 is 0 Å². The van der Waals surface area contributed by atoms with Crippen molar-refractivity contribution in [1.82, 2.24) is 0 Å². The largest absolute Gasteiger partial charge is 0.310 e. The molecule has 262 valence electrons. The highest BCUT2D eigenvalue weighted by atomic mass is 15.1. The second-order valence-electron chi connectivity index (χ2n) is 19.3. The lowest BCUT2D eigenvalue weighted by atomic mass is 9.27. The highest BCUT2D eigenvalue weighted by molar-refractivity contribution is 5.91. The van der Waals surface area contributed by atoms with Gasteiger partial charge >= 0.3 is 0 Å². The Hall–Kier alpha value is -4.62. The van der Waals surface area contributed by atoms with Crippen molar-refractivity contribution in [3.8, 4) is 22.3 Å². The van der Waals surface area contributed by atoms with Gasteiger partial charge in [0.05, 0.1) is 0 Å². The van der Waals surface area contributed by atoms with Gasteiger partial charge in [0.15, 0.2) is 0 Å². The molecule has 6 aromatic carbocycles. The Morgan fingerprint density at radius 1 is 0.491 bits per heavy atom. The van der Waals surface area contributed by atoms with Gasteiger partial charge in [0.25, 0.3) is 0 Å². The van der Waals surface area contributed by atoms with E-state index in [1.54, 1.807) is 11.1 Å². The first-order valence-corrected chi connectivity index (χ1v) is 20.5. The molecule has 0 radical (unpaired) electrons. The molecule has 6 aromatic rings. The highest BCUT2D eigenvalue weighted by Gasteiger charge is 2.84. The second kappa shape index (κ2) is 10.1. The Bertz CT molecular complexity index is 2520. The maximum Gasteiger partial charge on any atom is 0.0468 e. The van der Waals surface area contributed by atoms with Crippen LogP contribution in [0.15, 0.2) is 127 Å². The predicted molar refractivity (Wildman–Crippen MR) is 220 cm³/mol. The molecule has 0 amide bonds. The van der Waals surface area contributed by atoms with E-state index in [1.807, 2.05) is 0 Å². The molecule has 0 N–H and O–H groups in total. The van der Waals surface area contributed by atoms with E-state index in [-0.39, 0.29) is 16.2 Å². The summed E-state index contributed by atoms with van der Waals surface area (Å²) < 4.78 is 0. The van der Waals surface area contributed by atoms with E-state index in [0.29, 0.717) is 5.41 Å². The van der Waals surface area contributed by atoms with E-state index >= 15 is 0 Å². The molecule has 4 fully saturated rings. The number of hydrogen-bond acceptors (Lipinski definition) is 1. The zero-order valence-corrected chi connectivity index (χ0v) is 31.6. The van der Waals surface area contributed by atoms with Crippen molar-refractivity contribution in [2.45, 2.75) is 82.5 Å². The summed E-state index contributed by atoms with van der Waals surface area (Å²) in [5.74, 6) is 3.54. The SMILES string of the molecule is CC1(C)CCC(C)(C)c2cc(-c3ccc(N(c4ccc5c(c4)C4(c6ccccc6-5)C5CC6CC7CC4C75C6)c4ccc5ccccc5c4)cc3)ccc21. The normalized spacial score (nSPS) is 29.9. The quantitative estimate of drug-likeness (QED) is 0.178. The minimum absolute atomic E-state index is 0.182. The first kappa shape index (κ1) is 30.8.